The van der Waals surface area contributed by atoms with Gasteiger partial charge < -0.3 is 15.1 Å². The van der Waals surface area contributed by atoms with E-state index >= 15 is 0 Å². The molecule has 1 N–H and O–H groups in total. The summed E-state index contributed by atoms with van der Waals surface area (Å²) in [6.07, 6.45) is 3.47. The first-order valence-electron chi connectivity index (χ1n) is 9.65. The zero-order chi connectivity index (χ0) is 20.7. The number of benzene rings is 1. The van der Waals surface area contributed by atoms with Crippen LogP contribution in [0.5, 0.6) is 0 Å². The minimum Gasteiger partial charge on any atom is -0.356 e. The molecular weight excluding hydrogens is 366 g/mol. The Hall–Kier alpha value is -3.42. The molecule has 1 atom stereocenters. The maximum atomic E-state index is 12.6. The van der Waals surface area contributed by atoms with Gasteiger partial charge in [0.2, 0.25) is 11.9 Å². The summed E-state index contributed by atoms with van der Waals surface area (Å²) in [6.45, 7) is 6.14. The summed E-state index contributed by atoms with van der Waals surface area (Å²) < 4.78 is 1.78. The van der Waals surface area contributed by atoms with Gasteiger partial charge >= 0.3 is 0 Å². The lowest BCUT2D eigenvalue weighted by molar-refractivity contribution is -0.119. The van der Waals surface area contributed by atoms with E-state index in [2.05, 4.69) is 45.2 Å². The Morgan fingerprint density at radius 1 is 1.07 bits per heavy atom. The first-order chi connectivity index (χ1) is 13.9. The molecule has 0 bridgehead atoms. The van der Waals surface area contributed by atoms with Crippen LogP contribution in [-0.2, 0) is 11.8 Å². The van der Waals surface area contributed by atoms with Crippen LogP contribution in [-0.4, -0.2) is 44.8 Å². The maximum absolute atomic E-state index is 12.6. The number of nitrogens with one attached hydrogen (secondary N) is 1. The van der Waals surface area contributed by atoms with Crippen LogP contribution in [0.3, 0.4) is 0 Å². The van der Waals surface area contributed by atoms with Crippen molar-refractivity contribution in [3.05, 3.63) is 42.7 Å². The van der Waals surface area contributed by atoms with Gasteiger partial charge in [-0.25, -0.2) is 9.97 Å². The van der Waals surface area contributed by atoms with Crippen molar-refractivity contribution in [2.75, 3.05) is 22.2 Å². The van der Waals surface area contributed by atoms with E-state index in [0.717, 1.165) is 28.5 Å². The SMILES string of the molecule is CC(C)N1c2cc(Nc3nccc(-c4ccnn4C)n3)ccc2N(C)C(=O)[C@H]1C. The molecule has 8 nitrogen and oxygen atoms in total. The molecule has 0 saturated heterocycles. The van der Waals surface area contributed by atoms with Crippen molar-refractivity contribution in [1.29, 1.82) is 0 Å². The smallest absolute Gasteiger partial charge is 0.249 e. The molecule has 0 aliphatic carbocycles. The van der Waals surface area contributed by atoms with Gasteiger partial charge in [-0.2, -0.15) is 5.10 Å². The van der Waals surface area contributed by atoms with E-state index in [0.29, 0.717) is 5.95 Å². The molecular formula is C21H25N7O. The van der Waals surface area contributed by atoms with Crippen LogP contribution in [0.1, 0.15) is 20.8 Å². The number of nitrogens with zero attached hydrogens (tertiary/aromatic N) is 6. The van der Waals surface area contributed by atoms with Gasteiger partial charge in [-0.05, 0) is 51.1 Å². The predicted molar refractivity (Wildman–Crippen MR) is 114 cm³/mol. The molecule has 0 radical (unpaired) electrons. The lowest BCUT2D eigenvalue weighted by Gasteiger charge is -2.42. The van der Waals surface area contributed by atoms with E-state index in [1.165, 1.54) is 0 Å². The van der Waals surface area contributed by atoms with Crippen LogP contribution in [0.15, 0.2) is 42.7 Å². The summed E-state index contributed by atoms with van der Waals surface area (Å²) >= 11 is 0. The van der Waals surface area contributed by atoms with Crippen LogP contribution in [0.25, 0.3) is 11.4 Å². The Morgan fingerprint density at radius 2 is 1.86 bits per heavy atom. The summed E-state index contributed by atoms with van der Waals surface area (Å²) in [5.41, 5.74) is 4.50. The van der Waals surface area contributed by atoms with Crippen molar-refractivity contribution >= 4 is 28.9 Å². The Kier molecular flexibility index (Phi) is 4.70. The molecule has 3 heterocycles. The highest BCUT2D eigenvalue weighted by Crippen LogP contribution is 2.39. The molecule has 1 amide bonds. The molecule has 1 aliphatic heterocycles. The molecule has 1 aromatic carbocycles. The first kappa shape index (κ1) is 18.9. The van der Waals surface area contributed by atoms with Crippen molar-refractivity contribution in [2.24, 2.45) is 7.05 Å². The first-order valence-corrected chi connectivity index (χ1v) is 9.65. The van der Waals surface area contributed by atoms with Crippen LogP contribution in [0, 0.1) is 0 Å². The topological polar surface area (TPSA) is 79.2 Å². The van der Waals surface area contributed by atoms with E-state index < -0.39 is 0 Å². The van der Waals surface area contributed by atoms with E-state index in [1.54, 1.807) is 22.0 Å². The van der Waals surface area contributed by atoms with E-state index in [-0.39, 0.29) is 18.0 Å². The third-order valence-electron chi connectivity index (χ3n) is 5.27. The highest BCUT2D eigenvalue weighted by atomic mass is 16.2. The van der Waals surface area contributed by atoms with Crippen LogP contribution >= 0.6 is 0 Å². The molecule has 0 unspecified atom stereocenters. The second-order valence-corrected chi connectivity index (χ2v) is 7.51. The number of rotatable bonds is 4. The van der Waals surface area contributed by atoms with Gasteiger partial charge in [-0.15, -0.1) is 0 Å². The van der Waals surface area contributed by atoms with Crippen molar-refractivity contribution in [2.45, 2.75) is 32.9 Å². The lowest BCUT2D eigenvalue weighted by atomic mass is 10.0. The van der Waals surface area contributed by atoms with Crippen molar-refractivity contribution in [3.8, 4) is 11.4 Å². The lowest BCUT2D eigenvalue weighted by Crippen LogP contribution is -2.53. The molecule has 4 rings (SSSR count). The molecule has 29 heavy (non-hydrogen) atoms. The number of amides is 1. The third-order valence-corrected chi connectivity index (χ3v) is 5.27. The molecule has 0 spiro atoms. The van der Waals surface area contributed by atoms with Gasteiger partial charge in [-0.1, -0.05) is 0 Å². The van der Waals surface area contributed by atoms with Crippen LogP contribution in [0.4, 0.5) is 23.0 Å². The van der Waals surface area contributed by atoms with Gasteiger partial charge in [0.25, 0.3) is 0 Å². The zero-order valence-corrected chi connectivity index (χ0v) is 17.3. The number of carbonyl (C=O) groups excluding carboxylic acids is 1. The van der Waals surface area contributed by atoms with E-state index in [4.69, 9.17) is 0 Å². The summed E-state index contributed by atoms with van der Waals surface area (Å²) in [7, 11) is 3.70. The Labute approximate surface area is 170 Å². The van der Waals surface area contributed by atoms with Gasteiger partial charge in [0.15, 0.2) is 0 Å². The van der Waals surface area contributed by atoms with Crippen LogP contribution < -0.4 is 15.1 Å². The highest BCUT2D eigenvalue weighted by molar-refractivity contribution is 6.05. The van der Waals surface area contributed by atoms with E-state index in [9.17, 15) is 4.79 Å². The molecule has 8 heteroatoms. The number of aryl methyl sites for hydroxylation is 1. The minimum absolute atomic E-state index is 0.0964. The second kappa shape index (κ2) is 7.20. The molecule has 2 aromatic heterocycles. The predicted octanol–water partition coefficient (Wildman–Crippen LogP) is 3.20. The van der Waals surface area contributed by atoms with Gasteiger partial charge in [0.1, 0.15) is 6.04 Å². The Morgan fingerprint density at radius 3 is 2.55 bits per heavy atom. The Balaban J connectivity index is 1.68. The molecule has 3 aromatic rings. The summed E-state index contributed by atoms with van der Waals surface area (Å²) in [5.74, 6) is 0.604. The second-order valence-electron chi connectivity index (χ2n) is 7.51. The van der Waals surface area contributed by atoms with Gasteiger partial charge in [0, 0.05) is 38.2 Å². The summed E-state index contributed by atoms with van der Waals surface area (Å²) in [6, 6.07) is 9.71. The van der Waals surface area contributed by atoms with Crippen LogP contribution in [0.2, 0.25) is 0 Å². The average Bonchev–Trinajstić information content (AvgIpc) is 3.12. The number of carbonyl (C=O) groups is 1. The molecule has 0 fully saturated rings. The third kappa shape index (κ3) is 3.30. The molecule has 150 valence electrons. The summed E-state index contributed by atoms with van der Waals surface area (Å²) in [5, 5.41) is 7.49. The standard InChI is InChI=1S/C21H25N7O/c1-13(2)28-14(3)20(29)26(4)18-7-6-15(12-19(18)28)24-21-22-10-8-16(25-21)17-9-11-23-27(17)5/h6-14H,1-5H3,(H,22,24,25)/t14-/m1/s1. The molecule has 0 saturated carbocycles. The number of likely N-dealkylation sites (N-methyl/N-ethyl adjacent to an activating group) is 1. The highest BCUT2D eigenvalue weighted by Gasteiger charge is 2.34. The minimum atomic E-state index is -0.216. The van der Waals surface area contributed by atoms with Gasteiger partial charge in [0.05, 0.1) is 22.8 Å². The average molecular weight is 391 g/mol. The maximum Gasteiger partial charge on any atom is 0.249 e. The monoisotopic (exact) mass is 391 g/mol. The fourth-order valence-corrected chi connectivity index (χ4v) is 3.86. The molecule has 1 aliphatic rings. The number of hydrogen-bond acceptors (Lipinski definition) is 6. The Bertz CT molecular complexity index is 1060. The fraction of sp³-hybridized carbons (Fsp3) is 0.333. The fourth-order valence-electron chi connectivity index (χ4n) is 3.86. The zero-order valence-electron chi connectivity index (χ0n) is 17.3. The van der Waals surface area contributed by atoms with E-state index in [1.807, 2.05) is 45.3 Å². The quantitative estimate of drug-likeness (QED) is 0.736. The van der Waals surface area contributed by atoms with Crippen molar-refractivity contribution < 1.29 is 4.79 Å². The van der Waals surface area contributed by atoms with Crippen molar-refractivity contribution in [3.63, 3.8) is 0 Å². The van der Waals surface area contributed by atoms with Gasteiger partial charge in [-0.3, -0.25) is 9.48 Å². The summed E-state index contributed by atoms with van der Waals surface area (Å²) in [4.78, 5) is 25.4. The number of hydrogen-bond donors (Lipinski definition) is 1. The number of anilines is 4. The largest absolute Gasteiger partial charge is 0.356 e. The normalized spacial score (nSPS) is 16.3. The van der Waals surface area contributed by atoms with Crippen molar-refractivity contribution in [1.82, 2.24) is 19.7 Å². The number of fused-ring (bicyclic) bond motifs is 1. The number of aromatic nitrogens is 4.